The molecule has 5 nitrogen and oxygen atoms in total. The fourth-order valence-corrected chi connectivity index (χ4v) is 2.55. The van der Waals surface area contributed by atoms with Crippen LogP contribution < -0.4 is 15.4 Å². The Bertz CT molecular complexity index is 734. The van der Waals surface area contributed by atoms with Gasteiger partial charge in [0, 0.05) is 11.3 Å². The van der Waals surface area contributed by atoms with E-state index >= 15 is 0 Å². The van der Waals surface area contributed by atoms with Gasteiger partial charge < -0.3 is 15.4 Å². The molecule has 0 aromatic heterocycles. The number of benzene rings is 2. The Morgan fingerprint density at radius 2 is 1.65 bits per heavy atom. The van der Waals surface area contributed by atoms with E-state index in [2.05, 4.69) is 17.6 Å². The number of hydrogen-bond acceptors (Lipinski definition) is 3. The molecule has 0 aliphatic rings. The van der Waals surface area contributed by atoms with E-state index in [9.17, 15) is 9.59 Å². The average Bonchev–Trinajstić information content (AvgIpc) is 2.59. The van der Waals surface area contributed by atoms with Crippen LogP contribution in [0.2, 0.25) is 0 Å². The lowest BCUT2D eigenvalue weighted by molar-refractivity contribution is -0.115. The van der Waals surface area contributed by atoms with Crippen molar-refractivity contribution in [2.45, 2.75) is 33.6 Å². The van der Waals surface area contributed by atoms with E-state index in [4.69, 9.17) is 4.74 Å². The number of anilines is 1. The van der Waals surface area contributed by atoms with Gasteiger partial charge in [0.05, 0.1) is 13.2 Å². The van der Waals surface area contributed by atoms with Gasteiger partial charge in [-0.05, 0) is 67.8 Å². The number of nitrogens with one attached hydrogen (secondary N) is 2. The maximum Gasteiger partial charge on any atom is 0.251 e. The number of hydrogen-bond donors (Lipinski definition) is 2. The highest BCUT2D eigenvalue weighted by atomic mass is 16.5. The minimum absolute atomic E-state index is 0.0828. The number of ether oxygens (including phenoxy) is 1. The Labute approximate surface area is 154 Å². The molecule has 2 aromatic rings. The molecular weight excluding hydrogens is 328 g/mol. The standard InChI is InChI=1S/C21H26N2O3/c1-4-5-10-26-19-8-6-17(7-9-19)21(25)22-14-20(24)23-18-12-15(2)11-16(3)13-18/h6-9,11-13H,4-5,10,14H2,1-3H3,(H,22,25)(H,23,24). The second-order valence-corrected chi connectivity index (χ2v) is 6.33. The number of amides is 2. The first-order valence-electron chi connectivity index (χ1n) is 8.87. The third kappa shape index (κ3) is 6.24. The number of unbranched alkanes of at least 4 members (excludes halogenated alkanes) is 1. The van der Waals surface area contributed by atoms with Gasteiger partial charge in [0.1, 0.15) is 5.75 Å². The molecule has 0 heterocycles. The lowest BCUT2D eigenvalue weighted by Crippen LogP contribution is -2.32. The smallest absolute Gasteiger partial charge is 0.251 e. The SMILES string of the molecule is CCCCOc1ccc(C(=O)NCC(=O)Nc2cc(C)cc(C)c2)cc1. The van der Waals surface area contributed by atoms with Gasteiger partial charge in [0.2, 0.25) is 5.91 Å². The minimum atomic E-state index is -0.291. The second kappa shape index (κ2) is 9.61. The molecule has 2 aromatic carbocycles. The van der Waals surface area contributed by atoms with Gasteiger partial charge in [0.25, 0.3) is 5.91 Å². The molecule has 2 rings (SSSR count). The highest BCUT2D eigenvalue weighted by Gasteiger charge is 2.09. The van der Waals surface area contributed by atoms with Gasteiger partial charge in [-0.3, -0.25) is 9.59 Å². The molecule has 0 bridgehead atoms. The second-order valence-electron chi connectivity index (χ2n) is 6.33. The van der Waals surface area contributed by atoms with E-state index in [1.54, 1.807) is 24.3 Å². The van der Waals surface area contributed by atoms with Crippen LogP contribution >= 0.6 is 0 Å². The third-order valence-electron chi connectivity index (χ3n) is 3.80. The van der Waals surface area contributed by atoms with Crippen molar-refractivity contribution in [1.82, 2.24) is 5.32 Å². The molecule has 138 valence electrons. The van der Waals surface area contributed by atoms with Crippen molar-refractivity contribution in [2.75, 3.05) is 18.5 Å². The van der Waals surface area contributed by atoms with Crippen molar-refractivity contribution in [2.24, 2.45) is 0 Å². The van der Waals surface area contributed by atoms with Gasteiger partial charge in [-0.25, -0.2) is 0 Å². The maximum absolute atomic E-state index is 12.1. The predicted molar refractivity (Wildman–Crippen MR) is 104 cm³/mol. The highest BCUT2D eigenvalue weighted by molar-refractivity contribution is 5.99. The summed E-state index contributed by atoms with van der Waals surface area (Å²) in [4.78, 5) is 24.2. The molecule has 0 fully saturated rings. The lowest BCUT2D eigenvalue weighted by atomic mass is 10.1. The van der Waals surface area contributed by atoms with Gasteiger partial charge in [-0.15, -0.1) is 0 Å². The fraction of sp³-hybridized carbons (Fsp3) is 0.333. The Morgan fingerprint density at radius 1 is 1.00 bits per heavy atom. The maximum atomic E-state index is 12.1. The van der Waals surface area contributed by atoms with Crippen molar-refractivity contribution in [1.29, 1.82) is 0 Å². The largest absolute Gasteiger partial charge is 0.494 e. The Balaban J connectivity index is 1.82. The monoisotopic (exact) mass is 354 g/mol. The van der Waals surface area contributed by atoms with E-state index in [0.29, 0.717) is 12.2 Å². The molecule has 26 heavy (non-hydrogen) atoms. The Morgan fingerprint density at radius 3 is 2.27 bits per heavy atom. The normalized spacial score (nSPS) is 10.3. The van der Waals surface area contributed by atoms with E-state index in [-0.39, 0.29) is 18.4 Å². The first-order valence-corrected chi connectivity index (χ1v) is 8.87. The Kier molecular flexibility index (Phi) is 7.21. The van der Waals surface area contributed by atoms with Crippen LogP contribution in [0.1, 0.15) is 41.3 Å². The van der Waals surface area contributed by atoms with E-state index in [0.717, 1.165) is 35.4 Å². The topological polar surface area (TPSA) is 67.4 Å². The summed E-state index contributed by atoms with van der Waals surface area (Å²) < 4.78 is 5.57. The van der Waals surface area contributed by atoms with Crippen LogP contribution in [0, 0.1) is 13.8 Å². The van der Waals surface area contributed by atoms with Crippen LogP contribution in [0.15, 0.2) is 42.5 Å². The number of carbonyl (C=O) groups excluding carboxylic acids is 2. The van der Waals surface area contributed by atoms with Crippen LogP contribution in [0.4, 0.5) is 5.69 Å². The zero-order valence-corrected chi connectivity index (χ0v) is 15.6. The summed E-state index contributed by atoms with van der Waals surface area (Å²) in [5.41, 5.74) is 3.37. The number of carbonyl (C=O) groups is 2. The molecule has 0 spiro atoms. The molecule has 0 aliphatic heterocycles. The van der Waals surface area contributed by atoms with E-state index in [1.807, 2.05) is 32.0 Å². The summed E-state index contributed by atoms with van der Waals surface area (Å²) in [6.07, 6.45) is 2.07. The summed E-state index contributed by atoms with van der Waals surface area (Å²) in [6, 6.07) is 12.7. The molecule has 2 amide bonds. The summed E-state index contributed by atoms with van der Waals surface area (Å²) in [5, 5.41) is 5.42. The van der Waals surface area contributed by atoms with Crippen LogP contribution in [-0.4, -0.2) is 25.0 Å². The van der Waals surface area contributed by atoms with Crippen molar-refractivity contribution in [3.8, 4) is 5.75 Å². The van der Waals surface area contributed by atoms with Crippen molar-refractivity contribution < 1.29 is 14.3 Å². The molecule has 0 atom stereocenters. The van der Waals surface area contributed by atoms with Gasteiger partial charge in [-0.2, -0.15) is 0 Å². The van der Waals surface area contributed by atoms with Crippen molar-refractivity contribution in [3.05, 3.63) is 59.2 Å². The highest BCUT2D eigenvalue weighted by Crippen LogP contribution is 2.14. The first kappa shape index (κ1) is 19.5. The summed E-state index contributed by atoms with van der Waals surface area (Å²) in [5.74, 6) is 0.186. The summed E-state index contributed by atoms with van der Waals surface area (Å²) in [7, 11) is 0. The lowest BCUT2D eigenvalue weighted by Gasteiger charge is -2.09. The molecule has 0 saturated heterocycles. The first-order chi connectivity index (χ1) is 12.5. The molecule has 0 saturated carbocycles. The average molecular weight is 354 g/mol. The molecule has 0 radical (unpaired) electrons. The Hall–Kier alpha value is -2.82. The summed E-state index contributed by atoms with van der Waals surface area (Å²) in [6.45, 7) is 6.63. The zero-order chi connectivity index (χ0) is 18.9. The molecular formula is C21H26N2O3. The van der Waals surface area contributed by atoms with Gasteiger partial charge in [0.15, 0.2) is 0 Å². The van der Waals surface area contributed by atoms with Crippen molar-refractivity contribution in [3.63, 3.8) is 0 Å². The minimum Gasteiger partial charge on any atom is -0.494 e. The van der Waals surface area contributed by atoms with Crippen LogP contribution in [-0.2, 0) is 4.79 Å². The van der Waals surface area contributed by atoms with Crippen LogP contribution in [0.25, 0.3) is 0 Å². The molecule has 0 unspecified atom stereocenters. The molecule has 2 N–H and O–H groups in total. The van der Waals surface area contributed by atoms with Crippen LogP contribution in [0.5, 0.6) is 5.75 Å². The van der Waals surface area contributed by atoms with Gasteiger partial charge in [-0.1, -0.05) is 19.4 Å². The van der Waals surface area contributed by atoms with Crippen LogP contribution in [0.3, 0.4) is 0 Å². The van der Waals surface area contributed by atoms with E-state index < -0.39 is 0 Å². The number of rotatable bonds is 8. The third-order valence-corrected chi connectivity index (χ3v) is 3.80. The summed E-state index contributed by atoms with van der Waals surface area (Å²) >= 11 is 0. The quantitative estimate of drug-likeness (QED) is 0.708. The molecule has 5 heteroatoms. The fourth-order valence-electron chi connectivity index (χ4n) is 2.55. The van der Waals surface area contributed by atoms with Crippen molar-refractivity contribution >= 4 is 17.5 Å². The predicted octanol–water partition coefficient (Wildman–Crippen LogP) is 3.85. The number of aryl methyl sites for hydroxylation is 2. The zero-order valence-electron chi connectivity index (χ0n) is 15.6. The van der Waals surface area contributed by atoms with Gasteiger partial charge >= 0.3 is 0 Å². The molecule has 0 aliphatic carbocycles. The van der Waals surface area contributed by atoms with E-state index in [1.165, 1.54) is 0 Å².